The molecule has 0 radical (unpaired) electrons. The molecule has 0 atom stereocenters. The molecule has 0 aliphatic carbocycles. The maximum Gasteiger partial charge on any atom is 0.306 e. The first kappa shape index (κ1) is 14.2. The van der Waals surface area contributed by atoms with Crippen LogP contribution >= 0.6 is 15.9 Å². The van der Waals surface area contributed by atoms with Gasteiger partial charge in [0.1, 0.15) is 12.2 Å². The predicted octanol–water partition coefficient (Wildman–Crippen LogP) is 2.20. The van der Waals surface area contributed by atoms with Crippen molar-refractivity contribution in [1.29, 1.82) is 0 Å². The summed E-state index contributed by atoms with van der Waals surface area (Å²) in [6.45, 7) is 5.24. The number of halogens is 1. The second-order valence-corrected chi connectivity index (χ2v) is 5.40. The zero-order chi connectivity index (χ0) is 13.1. The van der Waals surface area contributed by atoms with Gasteiger partial charge in [0.15, 0.2) is 5.76 Å². The summed E-state index contributed by atoms with van der Waals surface area (Å²) in [6, 6.07) is 0. The van der Waals surface area contributed by atoms with Gasteiger partial charge < -0.3 is 14.4 Å². The normalized spacial score (nSPS) is 11.6. The molecule has 1 aromatic rings. The Hall–Kier alpha value is -0.880. The molecule has 0 unspecified atom stereocenters. The first-order chi connectivity index (χ1) is 7.83. The van der Waals surface area contributed by atoms with Crippen molar-refractivity contribution in [2.45, 2.75) is 45.8 Å². The fourth-order valence-electron chi connectivity index (χ4n) is 1.22. The smallest absolute Gasteiger partial charge is 0.306 e. The van der Waals surface area contributed by atoms with Crippen molar-refractivity contribution in [2.75, 3.05) is 0 Å². The molecular formula is C11H16BrNO4. The van der Waals surface area contributed by atoms with Crippen molar-refractivity contribution >= 4 is 21.9 Å². The zero-order valence-electron chi connectivity index (χ0n) is 10.1. The molecule has 0 bridgehead atoms. The Balaban J connectivity index is 2.50. The van der Waals surface area contributed by atoms with E-state index in [9.17, 15) is 4.79 Å². The Kier molecular flexibility index (Phi) is 4.70. The van der Waals surface area contributed by atoms with Crippen molar-refractivity contribution in [2.24, 2.45) is 0 Å². The first-order valence-corrected chi connectivity index (χ1v) is 6.08. The number of carbonyl (C=O) groups is 1. The van der Waals surface area contributed by atoms with Crippen LogP contribution in [0.5, 0.6) is 0 Å². The zero-order valence-corrected chi connectivity index (χ0v) is 11.7. The van der Waals surface area contributed by atoms with E-state index in [4.69, 9.17) is 14.4 Å². The molecule has 1 rings (SSSR count). The van der Waals surface area contributed by atoms with Crippen LogP contribution in [0.25, 0.3) is 0 Å². The minimum Gasteiger partial charge on any atom is -0.460 e. The Morgan fingerprint density at radius 1 is 1.53 bits per heavy atom. The molecule has 0 amide bonds. The van der Waals surface area contributed by atoms with E-state index in [1.807, 2.05) is 20.8 Å². The van der Waals surface area contributed by atoms with Crippen molar-refractivity contribution < 1.29 is 19.2 Å². The molecule has 17 heavy (non-hydrogen) atoms. The number of hydrogen-bond acceptors (Lipinski definition) is 5. The van der Waals surface area contributed by atoms with Gasteiger partial charge in [-0.25, -0.2) is 0 Å². The Morgan fingerprint density at radius 3 is 2.65 bits per heavy atom. The maximum atomic E-state index is 11.5. The van der Waals surface area contributed by atoms with Crippen LogP contribution in [0.4, 0.5) is 0 Å². The van der Waals surface area contributed by atoms with Gasteiger partial charge >= 0.3 is 5.97 Å². The molecule has 1 N–H and O–H groups in total. The molecule has 96 valence electrons. The number of aromatic nitrogens is 1. The van der Waals surface area contributed by atoms with Crippen LogP contribution in [0, 0.1) is 0 Å². The third-order valence-corrected chi connectivity index (χ3v) is 2.79. The van der Waals surface area contributed by atoms with Crippen molar-refractivity contribution in [1.82, 2.24) is 5.16 Å². The summed E-state index contributed by atoms with van der Waals surface area (Å²) in [6.07, 6.45) is 0.645. The van der Waals surface area contributed by atoms with Gasteiger partial charge in [-0.3, -0.25) is 4.79 Å². The third-order valence-electron chi connectivity index (χ3n) is 1.89. The Bertz CT molecular complexity index is 395. The standard InChI is InChI=1S/C11H16BrNO4/c1-11(2,3)16-9(15)5-4-7-10(12)8(6-14)17-13-7/h14H,4-6H2,1-3H3. The van der Waals surface area contributed by atoms with Crippen LogP contribution in [-0.2, 0) is 22.6 Å². The predicted molar refractivity (Wildman–Crippen MR) is 64.3 cm³/mol. The van der Waals surface area contributed by atoms with Crippen LogP contribution in [0.2, 0.25) is 0 Å². The van der Waals surface area contributed by atoms with Crippen LogP contribution in [0.1, 0.15) is 38.6 Å². The molecule has 1 aromatic heterocycles. The number of rotatable bonds is 4. The Morgan fingerprint density at radius 2 is 2.18 bits per heavy atom. The molecule has 0 aliphatic rings. The minimum absolute atomic E-state index is 0.222. The summed E-state index contributed by atoms with van der Waals surface area (Å²) in [5.74, 6) is 0.0853. The largest absolute Gasteiger partial charge is 0.460 e. The summed E-state index contributed by atoms with van der Waals surface area (Å²) < 4.78 is 10.7. The van der Waals surface area contributed by atoms with E-state index in [1.165, 1.54) is 0 Å². The van der Waals surface area contributed by atoms with Crippen molar-refractivity contribution in [3.05, 3.63) is 15.9 Å². The van der Waals surface area contributed by atoms with Gasteiger partial charge in [-0.05, 0) is 36.7 Å². The summed E-state index contributed by atoms with van der Waals surface area (Å²) in [5.41, 5.74) is 0.133. The number of aryl methyl sites for hydroxylation is 1. The molecule has 0 saturated heterocycles. The molecule has 5 nitrogen and oxygen atoms in total. The monoisotopic (exact) mass is 305 g/mol. The molecule has 0 aliphatic heterocycles. The molecule has 0 spiro atoms. The second kappa shape index (κ2) is 5.64. The minimum atomic E-state index is -0.478. The van der Waals surface area contributed by atoms with Gasteiger partial charge in [0, 0.05) is 6.42 Å². The fraction of sp³-hybridized carbons (Fsp3) is 0.636. The average molecular weight is 306 g/mol. The molecule has 6 heteroatoms. The highest BCUT2D eigenvalue weighted by molar-refractivity contribution is 9.10. The SMILES string of the molecule is CC(C)(C)OC(=O)CCc1noc(CO)c1Br. The lowest BCUT2D eigenvalue weighted by molar-refractivity contribution is -0.154. The number of carbonyl (C=O) groups excluding carboxylic acids is 1. The topological polar surface area (TPSA) is 72.6 Å². The quantitative estimate of drug-likeness (QED) is 0.863. The molecule has 0 fully saturated rings. The number of hydrogen-bond donors (Lipinski definition) is 1. The molecule has 1 heterocycles. The number of ether oxygens (including phenoxy) is 1. The average Bonchev–Trinajstić information content (AvgIpc) is 2.54. The number of aliphatic hydroxyl groups is 1. The fourth-order valence-corrected chi connectivity index (χ4v) is 1.69. The van der Waals surface area contributed by atoms with Crippen LogP contribution in [0.15, 0.2) is 9.00 Å². The number of aliphatic hydroxyl groups excluding tert-OH is 1. The summed E-state index contributed by atoms with van der Waals surface area (Å²) in [7, 11) is 0. The molecular weight excluding hydrogens is 290 g/mol. The Labute approximate surface area is 108 Å². The van der Waals surface area contributed by atoms with Gasteiger partial charge in [-0.15, -0.1) is 0 Å². The lowest BCUT2D eigenvalue weighted by atomic mass is 10.2. The van der Waals surface area contributed by atoms with Crippen LogP contribution in [0.3, 0.4) is 0 Å². The van der Waals surface area contributed by atoms with Gasteiger partial charge in [0.25, 0.3) is 0 Å². The van der Waals surface area contributed by atoms with E-state index >= 15 is 0 Å². The summed E-state index contributed by atoms with van der Waals surface area (Å²) in [5, 5.41) is 12.7. The first-order valence-electron chi connectivity index (χ1n) is 5.29. The van der Waals surface area contributed by atoms with Crippen LogP contribution in [-0.4, -0.2) is 21.8 Å². The van der Waals surface area contributed by atoms with Crippen molar-refractivity contribution in [3.63, 3.8) is 0 Å². The highest BCUT2D eigenvalue weighted by Crippen LogP contribution is 2.22. The van der Waals surface area contributed by atoms with E-state index in [-0.39, 0.29) is 19.0 Å². The lowest BCUT2D eigenvalue weighted by Gasteiger charge is -2.19. The maximum absolute atomic E-state index is 11.5. The molecule has 0 saturated carbocycles. The van der Waals surface area contributed by atoms with Crippen LogP contribution < -0.4 is 0 Å². The lowest BCUT2D eigenvalue weighted by Crippen LogP contribution is -2.24. The number of nitrogens with zero attached hydrogens (tertiary/aromatic N) is 1. The summed E-state index contributed by atoms with van der Waals surface area (Å²) >= 11 is 3.25. The van der Waals surface area contributed by atoms with E-state index in [0.29, 0.717) is 22.3 Å². The third kappa shape index (κ3) is 4.47. The highest BCUT2D eigenvalue weighted by atomic mass is 79.9. The van der Waals surface area contributed by atoms with E-state index in [2.05, 4.69) is 21.1 Å². The van der Waals surface area contributed by atoms with E-state index in [1.54, 1.807) is 0 Å². The second-order valence-electron chi connectivity index (χ2n) is 4.61. The number of esters is 1. The van der Waals surface area contributed by atoms with E-state index in [0.717, 1.165) is 0 Å². The van der Waals surface area contributed by atoms with Gasteiger partial charge in [-0.2, -0.15) is 0 Å². The molecule has 0 aromatic carbocycles. The van der Waals surface area contributed by atoms with Gasteiger partial charge in [0.2, 0.25) is 0 Å². The van der Waals surface area contributed by atoms with Gasteiger partial charge in [0.05, 0.1) is 16.6 Å². The summed E-state index contributed by atoms with van der Waals surface area (Å²) in [4.78, 5) is 11.5. The highest BCUT2D eigenvalue weighted by Gasteiger charge is 2.18. The van der Waals surface area contributed by atoms with E-state index < -0.39 is 5.60 Å². The van der Waals surface area contributed by atoms with Gasteiger partial charge in [-0.1, -0.05) is 5.16 Å². The van der Waals surface area contributed by atoms with Crippen molar-refractivity contribution in [3.8, 4) is 0 Å².